The van der Waals surface area contributed by atoms with Crippen LogP contribution in [0.2, 0.25) is 0 Å². The van der Waals surface area contributed by atoms with Crippen LogP contribution in [-0.2, 0) is 13.1 Å². The quantitative estimate of drug-likeness (QED) is 0.297. The van der Waals surface area contributed by atoms with Gasteiger partial charge in [-0.3, -0.25) is 4.99 Å². The van der Waals surface area contributed by atoms with Gasteiger partial charge in [0.05, 0.1) is 14.2 Å². The molecule has 1 heterocycles. The van der Waals surface area contributed by atoms with Crippen molar-refractivity contribution in [2.24, 2.45) is 4.99 Å². The second-order valence-corrected chi connectivity index (χ2v) is 8.08. The van der Waals surface area contributed by atoms with Crippen LogP contribution in [0.3, 0.4) is 0 Å². The van der Waals surface area contributed by atoms with Crippen LogP contribution in [0, 0.1) is 0 Å². The molecule has 2 aromatic carbocycles. The predicted octanol–water partition coefficient (Wildman–Crippen LogP) is 3.33. The summed E-state index contributed by atoms with van der Waals surface area (Å²) in [5.41, 5.74) is 3.73. The SMILES string of the molecule is CN=C(NCc1ccccc1CN(C)C)NC1CCN(c2cc(OC)cc(OC)c2)C1.I. The molecule has 1 fully saturated rings. The molecule has 0 saturated carbocycles. The molecule has 3 rings (SSSR count). The Bertz CT molecular complexity index is 868. The number of methoxy groups -OCH3 is 2. The van der Waals surface area contributed by atoms with Gasteiger partial charge >= 0.3 is 0 Å². The molecule has 0 aromatic heterocycles. The highest BCUT2D eigenvalue weighted by molar-refractivity contribution is 14.0. The summed E-state index contributed by atoms with van der Waals surface area (Å²) in [6.07, 6.45) is 1.04. The van der Waals surface area contributed by atoms with Gasteiger partial charge in [-0.25, -0.2) is 0 Å². The number of nitrogens with one attached hydrogen (secondary N) is 2. The Labute approximate surface area is 209 Å². The lowest BCUT2D eigenvalue weighted by atomic mass is 10.1. The van der Waals surface area contributed by atoms with Crippen LogP contribution < -0.4 is 25.0 Å². The number of nitrogens with zero attached hydrogens (tertiary/aromatic N) is 3. The molecule has 7 nitrogen and oxygen atoms in total. The van der Waals surface area contributed by atoms with E-state index in [1.807, 2.05) is 13.1 Å². The van der Waals surface area contributed by atoms with E-state index in [2.05, 4.69) is 75.9 Å². The number of guanidine groups is 1. The second kappa shape index (κ2) is 12.7. The van der Waals surface area contributed by atoms with Crippen molar-refractivity contribution in [3.05, 3.63) is 53.6 Å². The minimum absolute atomic E-state index is 0. The fourth-order valence-electron chi connectivity index (χ4n) is 3.88. The van der Waals surface area contributed by atoms with E-state index in [1.54, 1.807) is 14.2 Å². The van der Waals surface area contributed by atoms with Crippen molar-refractivity contribution in [1.82, 2.24) is 15.5 Å². The van der Waals surface area contributed by atoms with Gasteiger partial charge in [0, 0.05) is 63.2 Å². The molecule has 0 radical (unpaired) electrons. The molecule has 2 aromatic rings. The summed E-state index contributed by atoms with van der Waals surface area (Å²) in [7, 11) is 9.36. The molecule has 0 aliphatic carbocycles. The number of hydrogen-bond donors (Lipinski definition) is 2. The third-order valence-electron chi connectivity index (χ3n) is 5.51. The zero-order valence-corrected chi connectivity index (χ0v) is 22.1. The summed E-state index contributed by atoms with van der Waals surface area (Å²) in [4.78, 5) is 8.97. The lowest BCUT2D eigenvalue weighted by molar-refractivity contribution is 0.394. The van der Waals surface area contributed by atoms with Crippen molar-refractivity contribution in [2.45, 2.75) is 25.6 Å². The highest BCUT2D eigenvalue weighted by atomic mass is 127. The van der Waals surface area contributed by atoms with Crippen molar-refractivity contribution < 1.29 is 9.47 Å². The van der Waals surface area contributed by atoms with Gasteiger partial charge in [-0.05, 0) is 31.6 Å². The van der Waals surface area contributed by atoms with E-state index in [0.29, 0.717) is 6.04 Å². The Morgan fingerprint density at radius 3 is 2.34 bits per heavy atom. The molecule has 1 aliphatic rings. The molecule has 0 amide bonds. The molecule has 176 valence electrons. The lowest BCUT2D eigenvalue weighted by Crippen LogP contribution is -2.44. The summed E-state index contributed by atoms with van der Waals surface area (Å²) in [6.45, 7) is 3.53. The Morgan fingerprint density at radius 1 is 1.09 bits per heavy atom. The molecule has 1 unspecified atom stereocenters. The van der Waals surface area contributed by atoms with Gasteiger partial charge in [0.1, 0.15) is 11.5 Å². The van der Waals surface area contributed by atoms with E-state index in [4.69, 9.17) is 9.47 Å². The first-order valence-corrected chi connectivity index (χ1v) is 10.7. The van der Waals surface area contributed by atoms with Gasteiger partial charge in [-0.2, -0.15) is 0 Å². The van der Waals surface area contributed by atoms with E-state index >= 15 is 0 Å². The third-order valence-corrected chi connectivity index (χ3v) is 5.51. The highest BCUT2D eigenvalue weighted by Gasteiger charge is 2.24. The van der Waals surface area contributed by atoms with Crippen LogP contribution >= 0.6 is 24.0 Å². The first-order valence-electron chi connectivity index (χ1n) is 10.7. The number of aliphatic imine (C=N–C) groups is 1. The molecule has 8 heteroatoms. The van der Waals surface area contributed by atoms with E-state index in [-0.39, 0.29) is 24.0 Å². The number of hydrogen-bond acceptors (Lipinski definition) is 5. The maximum atomic E-state index is 5.42. The maximum absolute atomic E-state index is 5.42. The van der Waals surface area contributed by atoms with Crippen molar-refractivity contribution >= 4 is 35.6 Å². The van der Waals surface area contributed by atoms with Crippen LogP contribution in [-0.4, -0.2) is 65.4 Å². The number of ether oxygens (including phenoxy) is 2. The molecule has 2 N–H and O–H groups in total. The van der Waals surface area contributed by atoms with Gasteiger partial charge in [-0.15, -0.1) is 24.0 Å². The molecular formula is C24H36IN5O2. The monoisotopic (exact) mass is 553 g/mol. The van der Waals surface area contributed by atoms with Crippen LogP contribution in [0.15, 0.2) is 47.5 Å². The van der Waals surface area contributed by atoms with E-state index < -0.39 is 0 Å². The van der Waals surface area contributed by atoms with Crippen LogP contribution in [0.5, 0.6) is 11.5 Å². The van der Waals surface area contributed by atoms with Gasteiger partial charge in [0.25, 0.3) is 0 Å². The van der Waals surface area contributed by atoms with Gasteiger partial charge in [0.15, 0.2) is 5.96 Å². The minimum Gasteiger partial charge on any atom is -0.497 e. The Balaban J connectivity index is 0.00000363. The average molecular weight is 553 g/mol. The summed E-state index contributed by atoms with van der Waals surface area (Å²) in [5.74, 6) is 2.44. The fourth-order valence-corrected chi connectivity index (χ4v) is 3.88. The topological polar surface area (TPSA) is 61.4 Å². The first kappa shape index (κ1) is 26.1. The smallest absolute Gasteiger partial charge is 0.191 e. The molecule has 1 atom stereocenters. The van der Waals surface area contributed by atoms with Gasteiger partial charge in [-0.1, -0.05) is 24.3 Å². The first-order chi connectivity index (χ1) is 15.0. The second-order valence-electron chi connectivity index (χ2n) is 8.08. The highest BCUT2D eigenvalue weighted by Crippen LogP contribution is 2.30. The summed E-state index contributed by atoms with van der Waals surface area (Å²) in [5, 5.41) is 7.06. The summed E-state index contributed by atoms with van der Waals surface area (Å²) >= 11 is 0. The molecular weight excluding hydrogens is 517 g/mol. The van der Waals surface area contributed by atoms with Crippen molar-refractivity contribution in [1.29, 1.82) is 0 Å². The number of anilines is 1. The van der Waals surface area contributed by atoms with E-state index in [9.17, 15) is 0 Å². The molecule has 32 heavy (non-hydrogen) atoms. The van der Waals surface area contributed by atoms with Gasteiger partial charge in [0.2, 0.25) is 0 Å². The minimum atomic E-state index is 0. The van der Waals surface area contributed by atoms with Crippen LogP contribution in [0.25, 0.3) is 0 Å². The zero-order chi connectivity index (χ0) is 22.2. The Morgan fingerprint density at radius 2 is 1.75 bits per heavy atom. The van der Waals surface area contributed by atoms with Crippen molar-refractivity contribution in [2.75, 3.05) is 53.4 Å². The largest absolute Gasteiger partial charge is 0.497 e. The van der Waals surface area contributed by atoms with E-state index in [0.717, 1.165) is 55.7 Å². The van der Waals surface area contributed by atoms with Gasteiger partial charge < -0.3 is 29.9 Å². The van der Waals surface area contributed by atoms with Crippen LogP contribution in [0.1, 0.15) is 17.5 Å². The molecule has 0 bridgehead atoms. The predicted molar refractivity (Wildman–Crippen MR) is 143 cm³/mol. The zero-order valence-electron chi connectivity index (χ0n) is 19.7. The van der Waals surface area contributed by atoms with Crippen molar-refractivity contribution in [3.63, 3.8) is 0 Å². The standard InChI is InChI=1S/C24H35N5O2.HI/c1-25-24(26-15-18-8-6-7-9-19(18)16-28(2)3)27-20-10-11-29(17-20)21-12-22(30-4)14-23(13-21)31-5;/h6-9,12-14,20H,10-11,15-17H2,1-5H3,(H2,25,26,27);1H. The lowest BCUT2D eigenvalue weighted by Gasteiger charge is -2.22. The summed E-state index contributed by atoms with van der Waals surface area (Å²) < 4.78 is 10.8. The fraction of sp³-hybridized carbons (Fsp3) is 0.458. The molecule has 1 aliphatic heterocycles. The Hall–Kier alpha value is -2.20. The van der Waals surface area contributed by atoms with Crippen molar-refractivity contribution in [3.8, 4) is 11.5 Å². The number of benzene rings is 2. The third kappa shape index (κ3) is 7.16. The maximum Gasteiger partial charge on any atom is 0.191 e. The average Bonchev–Trinajstić information content (AvgIpc) is 3.25. The summed E-state index contributed by atoms with van der Waals surface area (Å²) in [6, 6.07) is 14.9. The van der Waals surface area contributed by atoms with Crippen LogP contribution in [0.4, 0.5) is 5.69 Å². The molecule has 0 spiro atoms. The normalized spacial score (nSPS) is 16.0. The van der Waals surface area contributed by atoms with E-state index in [1.165, 1.54) is 11.1 Å². The number of halogens is 1. The molecule has 1 saturated heterocycles. The number of rotatable bonds is 8. The Kier molecular flexibility index (Phi) is 10.4.